The molecule has 0 bridgehead atoms. The summed E-state index contributed by atoms with van der Waals surface area (Å²) in [7, 11) is 1.77. The first kappa shape index (κ1) is 15.4. The van der Waals surface area contributed by atoms with Crippen LogP contribution < -0.4 is 4.74 Å². The van der Waals surface area contributed by atoms with Gasteiger partial charge in [-0.1, -0.05) is 18.2 Å². The van der Waals surface area contributed by atoms with Crippen LogP contribution in [0.5, 0.6) is 5.75 Å². The van der Waals surface area contributed by atoms with Crippen LogP contribution in [0.15, 0.2) is 36.5 Å². The second-order valence-corrected chi connectivity index (χ2v) is 4.59. The van der Waals surface area contributed by atoms with Gasteiger partial charge in [0.15, 0.2) is 0 Å². The summed E-state index contributed by atoms with van der Waals surface area (Å²) >= 11 is 0. The number of nitrogens with zero attached hydrogens (tertiary/aromatic N) is 2. The number of aromatic nitrogens is 2. The molecule has 0 spiro atoms. The Labute approximate surface area is 119 Å². The van der Waals surface area contributed by atoms with E-state index in [1.807, 2.05) is 0 Å². The minimum atomic E-state index is -4.78. The molecule has 0 saturated heterocycles. The first-order valence-electron chi connectivity index (χ1n) is 6.36. The molecule has 21 heavy (non-hydrogen) atoms. The topological polar surface area (TPSA) is 47.3 Å². The van der Waals surface area contributed by atoms with Crippen LogP contribution in [0.2, 0.25) is 0 Å². The summed E-state index contributed by atoms with van der Waals surface area (Å²) < 4.78 is 42.6. The number of alkyl halides is 3. The maximum atomic E-state index is 12.3. The fourth-order valence-corrected chi connectivity index (χ4v) is 2.06. The molecule has 1 aromatic heterocycles. The Bertz CT molecular complexity index is 596. The average molecular weight is 300 g/mol. The summed E-state index contributed by atoms with van der Waals surface area (Å²) in [6.07, 6.45) is -3.42. The van der Waals surface area contributed by atoms with Crippen LogP contribution in [0.3, 0.4) is 0 Å². The third-order valence-electron chi connectivity index (χ3n) is 3.10. The fraction of sp³-hybridized carbons (Fsp3) is 0.357. The molecule has 2 aromatic rings. The van der Waals surface area contributed by atoms with Crippen molar-refractivity contribution in [3.05, 3.63) is 47.8 Å². The van der Waals surface area contributed by atoms with Crippen LogP contribution in [-0.2, 0) is 13.5 Å². The van der Waals surface area contributed by atoms with E-state index < -0.39 is 12.5 Å². The van der Waals surface area contributed by atoms with Crippen LogP contribution in [0.1, 0.15) is 23.8 Å². The van der Waals surface area contributed by atoms with Crippen molar-refractivity contribution in [3.63, 3.8) is 0 Å². The van der Waals surface area contributed by atoms with Crippen molar-refractivity contribution in [1.82, 2.24) is 9.78 Å². The quantitative estimate of drug-likeness (QED) is 0.923. The summed E-state index contributed by atoms with van der Waals surface area (Å²) in [6.45, 7) is 0. The van der Waals surface area contributed by atoms with Crippen molar-refractivity contribution in [2.75, 3.05) is 0 Å². The third-order valence-corrected chi connectivity index (χ3v) is 3.10. The Morgan fingerprint density at radius 2 is 2.00 bits per heavy atom. The number of benzene rings is 1. The fourth-order valence-electron chi connectivity index (χ4n) is 2.06. The minimum absolute atomic E-state index is 0.122. The zero-order valence-electron chi connectivity index (χ0n) is 11.3. The lowest BCUT2D eigenvalue weighted by Gasteiger charge is -2.17. The summed E-state index contributed by atoms with van der Waals surface area (Å²) in [6, 6.07) is 7.40. The van der Waals surface area contributed by atoms with Crippen LogP contribution >= 0.6 is 0 Å². The lowest BCUT2D eigenvalue weighted by molar-refractivity contribution is -0.275. The predicted octanol–water partition coefficient (Wildman–Crippen LogP) is 2.98. The van der Waals surface area contributed by atoms with Gasteiger partial charge in [-0.3, -0.25) is 4.68 Å². The molecule has 2 rings (SSSR count). The number of rotatable bonds is 5. The highest BCUT2D eigenvalue weighted by atomic mass is 19.4. The number of aryl methyl sites for hydroxylation is 2. The number of ether oxygens (including phenoxy) is 1. The zero-order chi connectivity index (χ0) is 15.5. The van der Waals surface area contributed by atoms with Crippen molar-refractivity contribution < 1.29 is 23.0 Å². The maximum Gasteiger partial charge on any atom is 0.573 e. The van der Waals surface area contributed by atoms with Gasteiger partial charge in [-0.25, -0.2) is 0 Å². The van der Waals surface area contributed by atoms with Crippen LogP contribution in [0.4, 0.5) is 13.2 Å². The molecular formula is C14H15F3N2O2. The van der Waals surface area contributed by atoms with Crippen molar-refractivity contribution >= 4 is 0 Å². The highest BCUT2D eigenvalue weighted by Crippen LogP contribution is 2.32. The molecule has 0 radical (unpaired) electrons. The second kappa shape index (κ2) is 6.17. The number of halogens is 3. The summed E-state index contributed by atoms with van der Waals surface area (Å²) in [5.74, 6) is -0.373. The molecule has 1 unspecified atom stereocenters. The van der Waals surface area contributed by atoms with E-state index in [9.17, 15) is 18.3 Å². The molecule has 0 fully saturated rings. The van der Waals surface area contributed by atoms with E-state index in [0.717, 1.165) is 5.69 Å². The van der Waals surface area contributed by atoms with Gasteiger partial charge in [-0.05, 0) is 25.0 Å². The van der Waals surface area contributed by atoms with Gasteiger partial charge in [0.25, 0.3) is 0 Å². The molecule has 0 aliphatic rings. The Hall–Kier alpha value is -2.02. The molecule has 1 aromatic carbocycles. The van der Waals surface area contributed by atoms with Gasteiger partial charge in [0.1, 0.15) is 5.75 Å². The van der Waals surface area contributed by atoms with E-state index in [-0.39, 0.29) is 17.7 Å². The number of aliphatic hydroxyl groups is 1. The van der Waals surface area contributed by atoms with Crippen LogP contribution in [0, 0.1) is 0 Å². The van der Waals surface area contributed by atoms with Crippen molar-refractivity contribution in [1.29, 1.82) is 0 Å². The second-order valence-electron chi connectivity index (χ2n) is 4.59. The Balaban J connectivity index is 2.08. The first-order chi connectivity index (χ1) is 9.87. The number of hydrogen-bond donors (Lipinski definition) is 1. The molecule has 1 heterocycles. The number of para-hydroxylation sites is 1. The molecule has 0 aliphatic carbocycles. The molecule has 114 valence electrons. The molecule has 1 atom stereocenters. The van der Waals surface area contributed by atoms with E-state index in [0.29, 0.717) is 6.42 Å². The molecule has 0 aliphatic heterocycles. The molecule has 0 saturated carbocycles. The van der Waals surface area contributed by atoms with Crippen molar-refractivity contribution in [2.24, 2.45) is 7.05 Å². The van der Waals surface area contributed by atoms with Gasteiger partial charge >= 0.3 is 6.36 Å². The summed E-state index contributed by atoms with van der Waals surface area (Å²) in [4.78, 5) is 0. The largest absolute Gasteiger partial charge is 0.573 e. The summed E-state index contributed by atoms with van der Waals surface area (Å²) in [5.41, 5.74) is 1.01. The Morgan fingerprint density at radius 3 is 2.62 bits per heavy atom. The minimum Gasteiger partial charge on any atom is -0.405 e. The Kier molecular flexibility index (Phi) is 4.52. The molecular weight excluding hydrogens is 285 g/mol. The first-order valence-corrected chi connectivity index (χ1v) is 6.36. The number of hydrogen-bond acceptors (Lipinski definition) is 3. The van der Waals surface area contributed by atoms with Gasteiger partial charge in [-0.2, -0.15) is 5.10 Å². The normalized spacial score (nSPS) is 13.2. The molecule has 1 N–H and O–H groups in total. The van der Waals surface area contributed by atoms with Gasteiger partial charge in [-0.15, -0.1) is 13.2 Å². The standard InChI is InChI=1S/C14H15F3N2O2/c1-19-10(8-9-18-19)6-7-12(20)11-4-2-3-5-13(11)21-14(15,16)17/h2-5,8-9,12,20H,6-7H2,1H3. The zero-order valence-corrected chi connectivity index (χ0v) is 11.3. The predicted molar refractivity (Wildman–Crippen MR) is 69.6 cm³/mol. The lowest BCUT2D eigenvalue weighted by atomic mass is 10.0. The van der Waals surface area contributed by atoms with Crippen molar-refractivity contribution in [3.8, 4) is 5.75 Å². The lowest BCUT2D eigenvalue weighted by Crippen LogP contribution is -2.18. The van der Waals surface area contributed by atoms with Gasteiger partial charge < -0.3 is 9.84 Å². The smallest absolute Gasteiger partial charge is 0.405 e. The highest BCUT2D eigenvalue weighted by Gasteiger charge is 2.32. The van der Waals surface area contributed by atoms with Gasteiger partial charge in [0, 0.05) is 24.5 Å². The maximum absolute atomic E-state index is 12.3. The highest BCUT2D eigenvalue weighted by molar-refractivity contribution is 5.35. The average Bonchev–Trinajstić information content (AvgIpc) is 2.80. The number of aliphatic hydroxyl groups excluding tert-OH is 1. The SMILES string of the molecule is Cn1nccc1CCC(O)c1ccccc1OC(F)(F)F. The van der Waals surface area contributed by atoms with E-state index in [1.54, 1.807) is 30.1 Å². The monoisotopic (exact) mass is 300 g/mol. The van der Waals surface area contributed by atoms with E-state index in [4.69, 9.17) is 0 Å². The van der Waals surface area contributed by atoms with Crippen molar-refractivity contribution in [2.45, 2.75) is 25.3 Å². The molecule has 4 nitrogen and oxygen atoms in total. The summed E-state index contributed by atoms with van der Waals surface area (Å²) in [5, 5.41) is 14.1. The van der Waals surface area contributed by atoms with Crippen LogP contribution in [0.25, 0.3) is 0 Å². The third kappa shape index (κ3) is 4.22. The van der Waals surface area contributed by atoms with E-state index >= 15 is 0 Å². The van der Waals surface area contributed by atoms with Crippen LogP contribution in [-0.4, -0.2) is 21.2 Å². The van der Waals surface area contributed by atoms with E-state index in [2.05, 4.69) is 9.84 Å². The van der Waals surface area contributed by atoms with Gasteiger partial charge in [0.05, 0.1) is 6.10 Å². The Morgan fingerprint density at radius 1 is 1.29 bits per heavy atom. The van der Waals surface area contributed by atoms with E-state index in [1.165, 1.54) is 18.2 Å². The van der Waals surface area contributed by atoms with Gasteiger partial charge in [0.2, 0.25) is 0 Å². The molecule has 7 heteroatoms. The molecule has 0 amide bonds.